The van der Waals surface area contributed by atoms with Crippen LogP contribution in [0.3, 0.4) is 0 Å². The number of H-pyrrole nitrogens is 1. The van der Waals surface area contributed by atoms with Crippen LogP contribution in [0.2, 0.25) is 0 Å². The molecule has 2 rings (SSSR count). The molecule has 0 bridgehead atoms. The maximum atomic E-state index is 11.6. The Morgan fingerprint density at radius 1 is 1.56 bits per heavy atom. The zero-order chi connectivity index (χ0) is 11.7. The maximum absolute atomic E-state index is 11.6. The van der Waals surface area contributed by atoms with Gasteiger partial charge in [0.2, 0.25) is 5.95 Å². The van der Waals surface area contributed by atoms with Crippen LogP contribution in [0.25, 0.3) is 10.3 Å². The SMILES string of the molecule is C/C=C/Cn1c(=O)sc2c(=O)[nH]c(N)nc21. The van der Waals surface area contributed by atoms with E-state index < -0.39 is 0 Å². The molecular weight excluding hydrogens is 228 g/mol. The highest BCUT2D eigenvalue weighted by molar-refractivity contribution is 7.16. The molecule has 0 spiro atoms. The molecule has 0 aliphatic rings. The van der Waals surface area contributed by atoms with Crippen molar-refractivity contribution >= 4 is 27.6 Å². The number of allylic oxidation sites excluding steroid dienone is 2. The van der Waals surface area contributed by atoms with Crippen molar-refractivity contribution in [2.75, 3.05) is 5.73 Å². The zero-order valence-corrected chi connectivity index (χ0v) is 9.37. The Morgan fingerprint density at radius 2 is 2.31 bits per heavy atom. The first-order chi connectivity index (χ1) is 7.63. The minimum atomic E-state index is -0.371. The lowest BCUT2D eigenvalue weighted by atomic mass is 10.5. The van der Waals surface area contributed by atoms with E-state index in [1.807, 2.05) is 19.1 Å². The average molecular weight is 238 g/mol. The number of thiazole rings is 1. The fraction of sp³-hybridized carbons (Fsp3) is 0.222. The summed E-state index contributed by atoms with van der Waals surface area (Å²) in [5.74, 6) is 0.0181. The number of fused-ring (bicyclic) bond motifs is 1. The number of nitrogens with two attached hydrogens (primary N) is 1. The van der Waals surface area contributed by atoms with E-state index in [0.717, 1.165) is 11.3 Å². The molecule has 0 fully saturated rings. The van der Waals surface area contributed by atoms with E-state index in [0.29, 0.717) is 16.9 Å². The zero-order valence-electron chi connectivity index (χ0n) is 8.56. The third-order valence-electron chi connectivity index (χ3n) is 2.07. The van der Waals surface area contributed by atoms with Crippen molar-refractivity contribution in [3.8, 4) is 0 Å². The first-order valence-electron chi connectivity index (χ1n) is 4.63. The number of hydrogen-bond donors (Lipinski definition) is 2. The summed E-state index contributed by atoms with van der Waals surface area (Å²) in [6.45, 7) is 2.25. The lowest BCUT2D eigenvalue weighted by Crippen LogP contribution is -2.14. The Hall–Kier alpha value is -1.89. The van der Waals surface area contributed by atoms with Gasteiger partial charge in [-0.15, -0.1) is 0 Å². The number of rotatable bonds is 2. The first kappa shape index (κ1) is 10.6. The Kier molecular flexibility index (Phi) is 2.61. The van der Waals surface area contributed by atoms with Gasteiger partial charge < -0.3 is 5.73 Å². The molecule has 6 nitrogen and oxygen atoms in total. The fourth-order valence-electron chi connectivity index (χ4n) is 1.34. The van der Waals surface area contributed by atoms with Gasteiger partial charge in [-0.1, -0.05) is 23.5 Å². The predicted molar refractivity (Wildman–Crippen MR) is 63.7 cm³/mol. The van der Waals surface area contributed by atoms with Gasteiger partial charge in [-0.2, -0.15) is 4.98 Å². The fourth-order valence-corrected chi connectivity index (χ4v) is 2.18. The second-order valence-electron chi connectivity index (χ2n) is 3.15. The summed E-state index contributed by atoms with van der Waals surface area (Å²) in [6.07, 6.45) is 3.64. The van der Waals surface area contributed by atoms with E-state index in [1.54, 1.807) is 0 Å². The molecule has 2 heterocycles. The molecule has 2 aromatic rings. The van der Waals surface area contributed by atoms with Gasteiger partial charge in [0, 0.05) is 6.54 Å². The predicted octanol–water partition coefficient (Wildman–Crippen LogP) is 0.305. The smallest absolute Gasteiger partial charge is 0.309 e. The molecule has 0 aliphatic carbocycles. The second-order valence-corrected chi connectivity index (χ2v) is 4.11. The summed E-state index contributed by atoms with van der Waals surface area (Å²) >= 11 is 0.876. The van der Waals surface area contributed by atoms with Crippen LogP contribution in [0.1, 0.15) is 6.92 Å². The quantitative estimate of drug-likeness (QED) is 0.736. The van der Waals surface area contributed by atoms with Crippen LogP contribution < -0.4 is 16.2 Å². The molecule has 0 amide bonds. The topological polar surface area (TPSA) is 93.8 Å². The minimum absolute atomic E-state index is 0.0181. The van der Waals surface area contributed by atoms with Gasteiger partial charge in [-0.25, -0.2) is 0 Å². The Bertz CT molecular complexity index is 664. The summed E-state index contributed by atoms with van der Waals surface area (Å²) in [7, 11) is 0. The van der Waals surface area contributed by atoms with Crippen molar-refractivity contribution in [2.45, 2.75) is 13.5 Å². The molecular formula is C9H10N4O2S. The van der Waals surface area contributed by atoms with Crippen LogP contribution in [0.4, 0.5) is 5.95 Å². The molecule has 0 saturated carbocycles. The van der Waals surface area contributed by atoms with Crippen LogP contribution >= 0.6 is 11.3 Å². The summed E-state index contributed by atoms with van der Waals surface area (Å²) in [4.78, 5) is 29.2. The summed E-state index contributed by atoms with van der Waals surface area (Å²) < 4.78 is 1.73. The van der Waals surface area contributed by atoms with Crippen LogP contribution in [-0.2, 0) is 6.54 Å². The van der Waals surface area contributed by atoms with Crippen molar-refractivity contribution in [3.63, 3.8) is 0 Å². The molecule has 84 valence electrons. The van der Waals surface area contributed by atoms with Crippen molar-refractivity contribution in [3.05, 3.63) is 32.2 Å². The number of hydrogen-bond acceptors (Lipinski definition) is 5. The molecule has 0 saturated heterocycles. The number of nitrogens with one attached hydrogen (secondary N) is 1. The molecule has 0 atom stereocenters. The molecule has 16 heavy (non-hydrogen) atoms. The largest absolute Gasteiger partial charge is 0.369 e. The monoisotopic (exact) mass is 238 g/mol. The van der Waals surface area contributed by atoms with Crippen molar-refractivity contribution in [2.24, 2.45) is 0 Å². The third kappa shape index (κ3) is 1.65. The highest BCUT2D eigenvalue weighted by atomic mass is 32.1. The Balaban J connectivity index is 2.78. The van der Waals surface area contributed by atoms with Gasteiger partial charge in [0.25, 0.3) is 5.56 Å². The van der Waals surface area contributed by atoms with Gasteiger partial charge in [0.05, 0.1) is 0 Å². The van der Waals surface area contributed by atoms with E-state index in [4.69, 9.17) is 5.73 Å². The lowest BCUT2D eigenvalue weighted by molar-refractivity contribution is 0.825. The number of aromatic nitrogens is 3. The molecule has 3 N–H and O–H groups in total. The maximum Gasteiger partial charge on any atom is 0.309 e. The molecule has 0 aliphatic heterocycles. The Labute approximate surface area is 94.1 Å². The van der Waals surface area contributed by atoms with E-state index in [2.05, 4.69) is 9.97 Å². The van der Waals surface area contributed by atoms with E-state index >= 15 is 0 Å². The summed E-state index contributed by atoms with van der Waals surface area (Å²) in [5.41, 5.74) is 5.41. The second kappa shape index (κ2) is 3.93. The molecule has 2 aromatic heterocycles. The first-order valence-corrected chi connectivity index (χ1v) is 5.45. The Morgan fingerprint density at radius 3 is 3.00 bits per heavy atom. The number of aromatic amines is 1. The molecule has 0 unspecified atom stereocenters. The molecule has 7 heteroatoms. The third-order valence-corrected chi connectivity index (χ3v) is 3.03. The van der Waals surface area contributed by atoms with E-state index in [9.17, 15) is 9.59 Å². The molecule has 0 aromatic carbocycles. The van der Waals surface area contributed by atoms with Crippen molar-refractivity contribution < 1.29 is 0 Å². The van der Waals surface area contributed by atoms with Crippen molar-refractivity contribution in [1.29, 1.82) is 0 Å². The minimum Gasteiger partial charge on any atom is -0.369 e. The summed E-state index contributed by atoms with van der Waals surface area (Å²) in [6, 6.07) is 0. The average Bonchev–Trinajstić information content (AvgIpc) is 2.53. The van der Waals surface area contributed by atoms with Gasteiger partial charge >= 0.3 is 4.87 Å². The van der Waals surface area contributed by atoms with Gasteiger partial charge in [0.1, 0.15) is 4.70 Å². The van der Waals surface area contributed by atoms with Crippen molar-refractivity contribution in [1.82, 2.24) is 14.5 Å². The van der Waals surface area contributed by atoms with Crippen LogP contribution in [0.15, 0.2) is 21.7 Å². The lowest BCUT2D eigenvalue weighted by Gasteiger charge is -1.98. The van der Waals surface area contributed by atoms with Crippen LogP contribution in [-0.4, -0.2) is 14.5 Å². The summed E-state index contributed by atoms with van der Waals surface area (Å²) in [5, 5.41) is 0. The molecule has 0 radical (unpaired) electrons. The van der Waals surface area contributed by atoms with E-state index in [-0.39, 0.29) is 16.4 Å². The van der Waals surface area contributed by atoms with Gasteiger partial charge in [0.15, 0.2) is 5.65 Å². The number of anilines is 1. The normalized spacial score (nSPS) is 11.6. The number of nitrogen functional groups attached to an aromatic ring is 1. The van der Waals surface area contributed by atoms with Gasteiger partial charge in [-0.3, -0.25) is 19.1 Å². The number of nitrogens with zero attached hydrogens (tertiary/aromatic N) is 2. The van der Waals surface area contributed by atoms with E-state index in [1.165, 1.54) is 4.57 Å². The highest BCUT2D eigenvalue weighted by Gasteiger charge is 2.11. The van der Waals surface area contributed by atoms with Crippen LogP contribution in [0.5, 0.6) is 0 Å². The van der Waals surface area contributed by atoms with Crippen LogP contribution in [0, 0.1) is 0 Å². The van der Waals surface area contributed by atoms with Gasteiger partial charge in [-0.05, 0) is 6.92 Å². The highest BCUT2D eigenvalue weighted by Crippen LogP contribution is 2.10. The standard InChI is InChI=1S/C9H10N4O2S/c1-2-3-4-13-6-5(16-9(13)15)7(14)12-8(10)11-6/h2-3H,4H2,1H3,(H3,10,11,12,14)/b3-2+.